The van der Waals surface area contributed by atoms with Crippen LogP contribution >= 0.6 is 15.9 Å². The third-order valence-corrected chi connectivity index (χ3v) is 3.10. The van der Waals surface area contributed by atoms with E-state index in [1.807, 2.05) is 30.5 Å². The van der Waals surface area contributed by atoms with Gasteiger partial charge in [0.25, 0.3) is 0 Å². The highest BCUT2D eigenvalue weighted by Gasteiger charge is 2.03. The van der Waals surface area contributed by atoms with Gasteiger partial charge in [-0.2, -0.15) is 0 Å². The second-order valence-corrected chi connectivity index (χ2v) is 4.09. The van der Waals surface area contributed by atoms with Crippen molar-refractivity contribution in [1.82, 2.24) is 9.97 Å². The normalized spacial score (nSPS) is 11.0. The van der Waals surface area contributed by atoms with Crippen LogP contribution in [0.25, 0.3) is 21.7 Å². The van der Waals surface area contributed by atoms with E-state index in [0.29, 0.717) is 0 Å². The fraction of sp³-hybridized carbons (Fsp3) is 0. The van der Waals surface area contributed by atoms with Crippen molar-refractivity contribution in [3.8, 4) is 0 Å². The van der Waals surface area contributed by atoms with E-state index < -0.39 is 0 Å². The number of benzene rings is 1. The molecule has 0 radical (unpaired) electrons. The van der Waals surface area contributed by atoms with E-state index in [-0.39, 0.29) is 0 Å². The summed E-state index contributed by atoms with van der Waals surface area (Å²) in [5, 5.41) is 3.40. The van der Waals surface area contributed by atoms with Crippen LogP contribution in [0.4, 0.5) is 0 Å². The molecule has 1 aromatic carbocycles. The Balaban J connectivity index is 2.60. The van der Waals surface area contributed by atoms with Crippen LogP contribution in [0.1, 0.15) is 0 Å². The van der Waals surface area contributed by atoms with E-state index in [1.54, 1.807) is 6.20 Å². The summed E-state index contributed by atoms with van der Waals surface area (Å²) in [5.74, 6) is 0. The van der Waals surface area contributed by atoms with Crippen molar-refractivity contribution < 1.29 is 0 Å². The Morgan fingerprint density at radius 2 is 1.73 bits per heavy atom. The molecular formula is C12H7BrN2. The highest BCUT2D eigenvalue weighted by Crippen LogP contribution is 2.26. The zero-order valence-corrected chi connectivity index (χ0v) is 9.40. The first-order valence-electron chi connectivity index (χ1n) is 4.64. The van der Waals surface area contributed by atoms with Gasteiger partial charge >= 0.3 is 0 Å². The first-order valence-corrected chi connectivity index (χ1v) is 5.43. The van der Waals surface area contributed by atoms with E-state index in [0.717, 1.165) is 20.9 Å². The maximum absolute atomic E-state index is 4.40. The minimum Gasteiger partial charge on any atom is -0.255 e. The van der Waals surface area contributed by atoms with Crippen LogP contribution in [0.2, 0.25) is 0 Å². The molecule has 0 amide bonds. The first-order chi connectivity index (χ1) is 7.36. The quantitative estimate of drug-likeness (QED) is 0.455. The Morgan fingerprint density at radius 3 is 2.67 bits per heavy atom. The van der Waals surface area contributed by atoms with Crippen molar-refractivity contribution in [3.05, 3.63) is 47.3 Å². The van der Waals surface area contributed by atoms with E-state index in [1.165, 1.54) is 5.39 Å². The zero-order valence-electron chi connectivity index (χ0n) is 7.81. The smallest absolute Gasteiger partial charge is 0.115 e. The van der Waals surface area contributed by atoms with Gasteiger partial charge < -0.3 is 0 Å². The lowest BCUT2D eigenvalue weighted by Gasteiger charge is -2.03. The van der Waals surface area contributed by atoms with Crippen molar-refractivity contribution >= 4 is 37.6 Å². The van der Waals surface area contributed by atoms with Gasteiger partial charge in [0.2, 0.25) is 0 Å². The maximum atomic E-state index is 4.40. The van der Waals surface area contributed by atoms with E-state index >= 15 is 0 Å². The average molecular weight is 259 g/mol. The number of hydrogen-bond donors (Lipinski definition) is 0. The molecule has 0 spiro atoms. The number of halogens is 1. The largest absolute Gasteiger partial charge is 0.255 e. The minimum atomic E-state index is 0.846. The van der Waals surface area contributed by atoms with E-state index in [2.05, 4.69) is 32.0 Å². The Hall–Kier alpha value is -1.48. The second kappa shape index (κ2) is 3.28. The number of fused-ring (bicyclic) bond motifs is 3. The van der Waals surface area contributed by atoms with E-state index in [4.69, 9.17) is 0 Å². The van der Waals surface area contributed by atoms with Crippen LogP contribution in [-0.4, -0.2) is 9.97 Å². The van der Waals surface area contributed by atoms with Crippen LogP contribution < -0.4 is 0 Å². The summed E-state index contributed by atoms with van der Waals surface area (Å²) < 4.78 is 0.846. The number of nitrogens with zero attached hydrogens (tertiary/aromatic N) is 2. The summed E-state index contributed by atoms with van der Waals surface area (Å²) in [4.78, 5) is 8.59. The molecule has 0 N–H and O–H groups in total. The van der Waals surface area contributed by atoms with Gasteiger partial charge in [0.1, 0.15) is 4.60 Å². The Bertz CT molecular complexity index is 649. The number of hydrogen-bond acceptors (Lipinski definition) is 2. The van der Waals surface area contributed by atoms with Crippen LogP contribution in [-0.2, 0) is 0 Å². The number of aromatic nitrogens is 2. The molecule has 0 fully saturated rings. The minimum absolute atomic E-state index is 0.846. The maximum Gasteiger partial charge on any atom is 0.115 e. The van der Waals surface area contributed by atoms with Crippen molar-refractivity contribution in [1.29, 1.82) is 0 Å². The topological polar surface area (TPSA) is 25.8 Å². The molecule has 0 bridgehead atoms. The molecule has 0 saturated heterocycles. The van der Waals surface area contributed by atoms with Crippen molar-refractivity contribution in [3.63, 3.8) is 0 Å². The van der Waals surface area contributed by atoms with Crippen molar-refractivity contribution in [2.45, 2.75) is 0 Å². The Kier molecular flexibility index (Phi) is 1.92. The molecule has 3 heteroatoms. The summed E-state index contributed by atoms with van der Waals surface area (Å²) in [6, 6.07) is 10.1. The monoisotopic (exact) mass is 258 g/mol. The number of pyridine rings is 2. The molecule has 0 aliphatic heterocycles. The Morgan fingerprint density at radius 1 is 0.867 bits per heavy atom. The molecule has 0 aliphatic rings. The Labute approximate surface area is 95.1 Å². The predicted octanol–water partition coefficient (Wildman–Crippen LogP) is 3.55. The molecule has 2 aromatic heterocycles. The van der Waals surface area contributed by atoms with Gasteiger partial charge in [-0.3, -0.25) is 4.98 Å². The molecule has 3 rings (SSSR count). The SMILES string of the molecule is Brc1nccc2c1cnc1ccccc12. The highest BCUT2D eigenvalue weighted by atomic mass is 79.9. The van der Waals surface area contributed by atoms with Gasteiger partial charge in [0.15, 0.2) is 0 Å². The van der Waals surface area contributed by atoms with Gasteiger partial charge in [-0.15, -0.1) is 0 Å². The van der Waals surface area contributed by atoms with Gasteiger partial charge in [-0.1, -0.05) is 18.2 Å². The number of para-hydroxylation sites is 1. The molecular weight excluding hydrogens is 252 g/mol. The lowest BCUT2D eigenvalue weighted by molar-refractivity contribution is 1.30. The van der Waals surface area contributed by atoms with Gasteiger partial charge in [-0.05, 0) is 33.4 Å². The fourth-order valence-electron chi connectivity index (χ4n) is 1.75. The summed E-state index contributed by atoms with van der Waals surface area (Å²) in [7, 11) is 0. The summed E-state index contributed by atoms with van der Waals surface area (Å²) >= 11 is 3.43. The van der Waals surface area contributed by atoms with Crippen LogP contribution in [0, 0.1) is 0 Å². The highest BCUT2D eigenvalue weighted by molar-refractivity contribution is 9.10. The van der Waals surface area contributed by atoms with Crippen molar-refractivity contribution in [2.75, 3.05) is 0 Å². The molecule has 0 saturated carbocycles. The summed E-state index contributed by atoms with van der Waals surface area (Å²) in [6.07, 6.45) is 3.66. The third kappa shape index (κ3) is 1.31. The zero-order chi connectivity index (χ0) is 10.3. The first kappa shape index (κ1) is 8.80. The molecule has 15 heavy (non-hydrogen) atoms. The molecule has 0 unspecified atom stereocenters. The van der Waals surface area contributed by atoms with Crippen molar-refractivity contribution in [2.24, 2.45) is 0 Å². The molecule has 2 nitrogen and oxygen atoms in total. The van der Waals surface area contributed by atoms with Gasteiger partial charge in [-0.25, -0.2) is 4.98 Å². The fourth-order valence-corrected chi connectivity index (χ4v) is 2.19. The third-order valence-electron chi connectivity index (χ3n) is 2.47. The van der Waals surface area contributed by atoms with Gasteiger partial charge in [0, 0.05) is 23.2 Å². The molecule has 2 heterocycles. The molecule has 0 atom stereocenters. The molecule has 72 valence electrons. The second-order valence-electron chi connectivity index (χ2n) is 3.34. The lowest BCUT2D eigenvalue weighted by Crippen LogP contribution is -1.84. The van der Waals surface area contributed by atoms with E-state index in [9.17, 15) is 0 Å². The summed E-state index contributed by atoms with van der Waals surface area (Å²) in [5.41, 5.74) is 1.02. The van der Waals surface area contributed by atoms with Crippen LogP contribution in [0.5, 0.6) is 0 Å². The standard InChI is InChI=1S/C12H7BrN2/c13-12-10-7-15-11-4-2-1-3-9(11)8(10)5-6-14-12/h1-7H. The molecule has 3 aromatic rings. The lowest BCUT2D eigenvalue weighted by atomic mass is 10.1. The number of rotatable bonds is 0. The van der Waals surface area contributed by atoms with Crippen LogP contribution in [0.15, 0.2) is 47.3 Å². The molecule has 0 aliphatic carbocycles. The average Bonchev–Trinajstić information content (AvgIpc) is 2.29. The van der Waals surface area contributed by atoms with Crippen LogP contribution in [0.3, 0.4) is 0 Å². The summed E-state index contributed by atoms with van der Waals surface area (Å²) in [6.45, 7) is 0. The predicted molar refractivity (Wildman–Crippen MR) is 64.7 cm³/mol. The van der Waals surface area contributed by atoms with Gasteiger partial charge in [0.05, 0.1) is 5.52 Å².